The van der Waals surface area contributed by atoms with Crippen molar-refractivity contribution >= 4 is 27.6 Å². The minimum absolute atomic E-state index is 0.448. The van der Waals surface area contributed by atoms with Gasteiger partial charge in [-0.2, -0.15) is 0 Å². The average molecular weight is 314 g/mol. The quantitative estimate of drug-likeness (QED) is 0.743. The molecule has 2 aromatic heterocycles. The van der Waals surface area contributed by atoms with E-state index in [9.17, 15) is 0 Å². The summed E-state index contributed by atoms with van der Waals surface area (Å²) in [4.78, 5) is 13.8. The van der Waals surface area contributed by atoms with Crippen LogP contribution in [0, 0.1) is 0 Å². The van der Waals surface area contributed by atoms with E-state index in [0.29, 0.717) is 6.04 Å². The molecule has 0 N–H and O–H groups in total. The van der Waals surface area contributed by atoms with Gasteiger partial charge >= 0.3 is 0 Å². The third kappa shape index (κ3) is 2.60. The summed E-state index contributed by atoms with van der Waals surface area (Å²) in [6.45, 7) is 6.01. The van der Waals surface area contributed by atoms with E-state index in [1.54, 1.807) is 11.3 Å². The third-order valence-electron chi connectivity index (χ3n) is 4.07. The number of anilines is 1. The molecule has 0 aliphatic carbocycles. The molecule has 0 unspecified atom stereocenters. The fourth-order valence-corrected chi connectivity index (χ4v) is 3.77. The molecule has 1 atom stereocenters. The van der Waals surface area contributed by atoms with Crippen LogP contribution in [0.25, 0.3) is 11.1 Å². The second-order valence-electron chi connectivity index (χ2n) is 5.67. The van der Waals surface area contributed by atoms with Gasteiger partial charge in [0.1, 0.15) is 5.52 Å². The number of fused-ring (bicyclic) bond motifs is 1. The number of hydrogen-bond donors (Lipinski definition) is 0. The highest BCUT2D eigenvalue weighted by molar-refractivity contribution is 7.13. The molecule has 0 radical (unpaired) electrons. The smallest absolute Gasteiger partial charge is 0.209 e. The van der Waals surface area contributed by atoms with Gasteiger partial charge < -0.3 is 9.32 Å². The third-order valence-corrected chi connectivity index (χ3v) is 4.88. The van der Waals surface area contributed by atoms with E-state index in [1.807, 2.05) is 35.8 Å². The van der Waals surface area contributed by atoms with Crippen molar-refractivity contribution in [2.24, 2.45) is 0 Å². The van der Waals surface area contributed by atoms with E-state index in [2.05, 4.69) is 26.7 Å². The molecule has 6 heteroatoms. The van der Waals surface area contributed by atoms with Crippen molar-refractivity contribution in [1.82, 2.24) is 14.9 Å². The fraction of sp³-hybridized carbons (Fsp3) is 0.375. The Morgan fingerprint density at radius 1 is 1.32 bits per heavy atom. The largest absolute Gasteiger partial charge is 0.439 e. The van der Waals surface area contributed by atoms with Crippen LogP contribution in [-0.2, 0) is 6.54 Å². The number of thiazole rings is 1. The van der Waals surface area contributed by atoms with E-state index in [1.165, 1.54) is 0 Å². The van der Waals surface area contributed by atoms with Crippen molar-refractivity contribution in [2.75, 3.05) is 24.5 Å². The van der Waals surface area contributed by atoms with Gasteiger partial charge in [0.2, 0.25) is 5.89 Å². The number of aromatic nitrogens is 2. The zero-order valence-corrected chi connectivity index (χ0v) is 13.3. The lowest BCUT2D eigenvalue weighted by Gasteiger charge is -2.39. The number of hydrogen-bond acceptors (Lipinski definition) is 6. The van der Waals surface area contributed by atoms with Crippen LogP contribution in [0.1, 0.15) is 12.8 Å². The predicted molar refractivity (Wildman–Crippen MR) is 88.2 cm³/mol. The molecule has 114 valence electrons. The normalized spacial score (nSPS) is 19.9. The first kappa shape index (κ1) is 13.7. The summed E-state index contributed by atoms with van der Waals surface area (Å²) in [7, 11) is 0. The molecule has 1 fully saturated rings. The molecule has 0 bridgehead atoms. The Balaban J connectivity index is 1.44. The highest BCUT2D eigenvalue weighted by Gasteiger charge is 2.26. The summed E-state index contributed by atoms with van der Waals surface area (Å²) >= 11 is 1.71. The summed E-state index contributed by atoms with van der Waals surface area (Å²) in [6, 6.07) is 8.37. The second kappa shape index (κ2) is 5.70. The molecule has 5 nitrogen and oxygen atoms in total. The van der Waals surface area contributed by atoms with Crippen molar-refractivity contribution in [3.63, 3.8) is 0 Å². The molecule has 0 spiro atoms. The lowest BCUT2D eigenvalue weighted by atomic mass is 10.2. The van der Waals surface area contributed by atoms with Gasteiger partial charge in [-0.15, -0.1) is 11.3 Å². The van der Waals surface area contributed by atoms with Gasteiger partial charge in [0.15, 0.2) is 10.7 Å². The molecule has 1 aliphatic heterocycles. The molecule has 0 saturated carbocycles. The van der Waals surface area contributed by atoms with Crippen molar-refractivity contribution in [3.8, 4) is 0 Å². The van der Waals surface area contributed by atoms with Crippen LogP contribution in [0.5, 0.6) is 0 Å². The molecule has 1 saturated heterocycles. The summed E-state index contributed by atoms with van der Waals surface area (Å²) in [5.41, 5.74) is 1.80. The van der Waals surface area contributed by atoms with Gasteiger partial charge in [-0.3, -0.25) is 4.90 Å². The first-order chi connectivity index (χ1) is 10.8. The van der Waals surface area contributed by atoms with Gasteiger partial charge in [-0.1, -0.05) is 12.1 Å². The van der Waals surface area contributed by atoms with Crippen LogP contribution in [0.3, 0.4) is 0 Å². The van der Waals surface area contributed by atoms with Crippen LogP contribution < -0.4 is 4.90 Å². The molecule has 0 amide bonds. The van der Waals surface area contributed by atoms with Gasteiger partial charge in [-0.25, -0.2) is 9.97 Å². The van der Waals surface area contributed by atoms with Crippen molar-refractivity contribution in [2.45, 2.75) is 19.5 Å². The predicted octanol–water partition coefficient (Wildman–Crippen LogP) is 3.00. The van der Waals surface area contributed by atoms with Crippen LogP contribution in [0.2, 0.25) is 0 Å². The van der Waals surface area contributed by atoms with E-state index in [0.717, 1.165) is 48.3 Å². The van der Waals surface area contributed by atoms with Gasteiger partial charge in [0.25, 0.3) is 0 Å². The van der Waals surface area contributed by atoms with Gasteiger partial charge in [0, 0.05) is 37.3 Å². The Hall–Kier alpha value is -1.92. The average Bonchev–Trinajstić information content (AvgIpc) is 3.15. The molecule has 3 heterocycles. The molecule has 1 aromatic carbocycles. The van der Waals surface area contributed by atoms with Crippen molar-refractivity contribution < 1.29 is 4.42 Å². The second-order valence-corrected chi connectivity index (χ2v) is 6.54. The Labute approximate surface area is 133 Å². The minimum Gasteiger partial charge on any atom is -0.439 e. The highest BCUT2D eigenvalue weighted by atomic mass is 32.1. The Bertz CT molecular complexity index is 721. The lowest BCUT2D eigenvalue weighted by molar-refractivity contribution is 0.203. The molecule has 4 rings (SSSR count). The Morgan fingerprint density at radius 2 is 2.23 bits per heavy atom. The number of benzene rings is 1. The summed E-state index contributed by atoms with van der Waals surface area (Å²) in [5.74, 6) is 0.802. The molecule has 3 aromatic rings. The lowest BCUT2D eigenvalue weighted by Crippen LogP contribution is -2.51. The molecule has 1 aliphatic rings. The molecule has 22 heavy (non-hydrogen) atoms. The van der Waals surface area contributed by atoms with Gasteiger partial charge in [-0.05, 0) is 19.1 Å². The van der Waals surface area contributed by atoms with E-state index >= 15 is 0 Å². The Morgan fingerprint density at radius 3 is 3.00 bits per heavy atom. The number of oxazole rings is 1. The Kier molecular flexibility index (Phi) is 3.56. The van der Waals surface area contributed by atoms with Gasteiger partial charge in [0.05, 0.1) is 6.54 Å². The number of rotatable bonds is 3. The maximum atomic E-state index is 5.83. The van der Waals surface area contributed by atoms with Crippen molar-refractivity contribution in [1.29, 1.82) is 0 Å². The number of nitrogens with zero attached hydrogens (tertiary/aromatic N) is 4. The topological polar surface area (TPSA) is 45.4 Å². The van der Waals surface area contributed by atoms with E-state index in [-0.39, 0.29) is 0 Å². The molecular weight excluding hydrogens is 296 g/mol. The standard InChI is InChI=1S/C16H18N4OS/c1-12-10-19(7-8-20(12)16-17-6-9-22-16)11-15-18-13-4-2-3-5-14(13)21-15/h2-6,9,12H,7-8,10-11H2,1H3/t12-/m1/s1. The first-order valence-electron chi connectivity index (χ1n) is 7.52. The number of para-hydroxylation sites is 2. The van der Waals surface area contributed by atoms with E-state index < -0.39 is 0 Å². The highest BCUT2D eigenvalue weighted by Crippen LogP contribution is 2.24. The fourth-order valence-electron chi connectivity index (χ4n) is 3.00. The summed E-state index contributed by atoms with van der Waals surface area (Å²) in [5, 5.41) is 3.15. The van der Waals surface area contributed by atoms with E-state index in [4.69, 9.17) is 4.42 Å². The molecular formula is C16H18N4OS. The monoisotopic (exact) mass is 314 g/mol. The van der Waals surface area contributed by atoms with Crippen LogP contribution in [-0.4, -0.2) is 40.5 Å². The minimum atomic E-state index is 0.448. The maximum absolute atomic E-state index is 5.83. The SMILES string of the molecule is C[C@@H]1CN(Cc2nc3ccccc3o2)CCN1c1nccs1. The maximum Gasteiger partial charge on any atom is 0.209 e. The van der Waals surface area contributed by atoms with Crippen molar-refractivity contribution in [3.05, 3.63) is 41.7 Å². The van der Waals surface area contributed by atoms with Crippen LogP contribution >= 0.6 is 11.3 Å². The van der Waals surface area contributed by atoms with Crippen LogP contribution in [0.15, 0.2) is 40.3 Å². The summed E-state index contributed by atoms with van der Waals surface area (Å²) < 4.78 is 5.83. The zero-order valence-electron chi connectivity index (χ0n) is 12.5. The summed E-state index contributed by atoms with van der Waals surface area (Å²) in [6.07, 6.45) is 1.87. The zero-order chi connectivity index (χ0) is 14.9. The first-order valence-corrected chi connectivity index (χ1v) is 8.40. The van der Waals surface area contributed by atoms with Crippen LogP contribution in [0.4, 0.5) is 5.13 Å². The number of piperazine rings is 1.